The molecular formula is C4H10Cl2O5P2. The molecule has 0 saturated carbocycles. The summed E-state index contributed by atoms with van der Waals surface area (Å²) >= 11 is 10.4. The maximum Gasteiger partial charge on any atom is 0.336 e. The molecule has 0 aliphatic rings. The lowest BCUT2D eigenvalue weighted by Gasteiger charge is -2.14. The van der Waals surface area contributed by atoms with Crippen LogP contribution in [0.1, 0.15) is 0 Å². The fourth-order valence-electron chi connectivity index (χ4n) is 0.495. The summed E-state index contributed by atoms with van der Waals surface area (Å²) in [6.45, 7) is 0. The molecule has 0 aromatic carbocycles. The normalized spacial score (nSPS) is 20.6. The van der Waals surface area contributed by atoms with Gasteiger partial charge in [0, 0.05) is 11.8 Å². The molecule has 2 atom stereocenters. The predicted octanol–water partition coefficient (Wildman–Crippen LogP) is 1.85. The topological polar surface area (TPSA) is 83.8 Å². The lowest BCUT2D eigenvalue weighted by Crippen LogP contribution is -1.98. The van der Waals surface area contributed by atoms with Gasteiger partial charge in [0.25, 0.3) is 0 Å². The molecule has 0 heterocycles. The molecule has 0 radical (unpaired) electrons. The van der Waals surface area contributed by atoms with E-state index in [1.165, 1.54) is 0 Å². The van der Waals surface area contributed by atoms with Crippen molar-refractivity contribution in [3.05, 3.63) is 0 Å². The Morgan fingerprint density at radius 3 is 1.54 bits per heavy atom. The Balaban J connectivity index is 4.25. The van der Waals surface area contributed by atoms with Crippen molar-refractivity contribution in [3.8, 4) is 0 Å². The van der Waals surface area contributed by atoms with Gasteiger partial charge in [-0.2, -0.15) is 0 Å². The first-order valence-corrected chi connectivity index (χ1v) is 7.89. The summed E-state index contributed by atoms with van der Waals surface area (Å²) in [6.07, 6.45) is -0.719. The molecular weight excluding hydrogens is 261 g/mol. The summed E-state index contributed by atoms with van der Waals surface area (Å²) in [5.74, 6) is -0.233. The average Bonchev–Trinajstić information content (AvgIpc) is 1.82. The molecule has 13 heavy (non-hydrogen) atoms. The van der Waals surface area contributed by atoms with Crippen LogP contribution in [-0.4, -0.2) is 33.9 Å². The van der Waals surface area contributed by atoms with Crippen LogP contribution in [-0.2, 0) is 13.4 Å². The van der Waals surface area contributed by atoms with Gasteiger partial charge in [-0.15, -0.1) is 23.2 Å². The summed E-state index contributed by atoms with van der Waals surface area (Å²) in [5.41, 5.74) is 0. The number of hydrogen-bond acceptors (Lipinski definition) is 3. The molecule has 2 N–H and O–H groups in total. The van der Waals surface area contributed by atoms with Crippen LogP contribution in [0.2, 0.25) is 0 Å². The molecule has 5 nitrogen and oxygen atoms in total. The van der Waals surface area contributed by atoms with Gasteiger partial charge >= 0.3 is 15.2 Å². The highest BCUT2D eigenvalue weighted by Crippen LogP contribution is 2.58. The van der Waals surface area contributed by atoms with Crippen molar-refractivity contribution in [1.82, 2.24) is 0 Å². The molecule has 0 aliphatic carbocycles. The van der Waals surface area contributed by atoms with E-state index >= 15 is 0 Å². The highest BCUT2D eigenvalue weighted by molar-refractivity contribution is 7.66. The van der Waals surface area contributed by atoms with Gasteiger partial charge in [0.05, 0.1) is 12.3 Å². The summed E-state index contributed by atoms with van der Waals surface area (Å²) in [7, 11) is -8.09. The zero-order valence-electron chi connectivity index (χ0n) is 6.60. The first-order chi connectivity index (χ1) is 5.83. The third kappa shape index (κ3) is 6.92. The summed E-state index contributed by atoms with van der Waals surface area (Å²) in [6, 6.07) is 0. The fourth-order valence-corrected chi connectivity index (χ4v) is 4.45. The molecule has 0 saturated heterocycles. The van der Waals surface area contributed by atoms with Crippen molar-refractivity contribution in [2.24, 2.45) is 0 Å². The van der Waals surface area contributed by atoms with E-state index in [9.17, 15) is 9.13 Å². The highest BCUT2D eigenvalue weighted by Gasteiger charge is 2.30. The minimum Gasteiger partial charge on any atom is -0.324 e. The number of halogens is 2. The molecule has 0 amide bonds. The van der Waals surface area contributed by atoms with E-state index in [1.807, 2.05) is 0 Å². The lowest BCUT2D eigenvalue weighted by molar-refractivity contribution is 0.334. The van der Waals surface area contributed by atoms with Crippen LogP contribution in [0, 0.1) is 0 Å². The van der Waals surface area contributed by atoms with Gasteiger partial charge in [0.15, 0.2) is 0 Å². The van der Waals surface area contributed by atoms with Crippen molar-refractivity contribution in [2.75, 3.05) is 24.1 Å². The van der Waals surface area contributed by atoms with E-state index in [0.717, 1.165) is 0 Å². The first kappa shape index (κ1) is 13.9. The molecule has 0 rings (SSSR count). The molecule has 0 aliphatic heterocycles. The van der Waals surface area contributed by atoms with Crippen LogP contribution in [0.5, 0.6) is 0 Å². The van der Waals surface area contributed by atoms with Crippen LogP contribution in [0.25, 0.3) is 0 Å². The number of hydrogen-bond donors (Lipinski definition) is 2. The van der Waals surface area contributed by atoms with Gasteiger partial charge in [-0.05, 0) is 0 Å². The molecule has 2 unspecified atom stereocenters. The van der Waals surface area contributed by atoms with Crippen molar-refractivity contribution >= 4 is 38.4 Å². The van der Waals surface area contributed by atoms with E-state index in [2.05, 4.69) is 4.31 Å². The molecule has 9 heteroatoms. The monoisotopic (exact) mass is 270 g/mol. The SMILES string of the molecule is O=P(O)(CCCl)OP(=O)(O)CCCl. The molecule has 0 aromatic rings. The number of alkyl halides is 2. The average molecular weight is 271 g/mol. The maximum atomic E-state index is 11.0. The smallest absolute Gasteiger partial charge is 0.324 e. The molecule has 0 aromatic heterocycles. The molecule has 80 valence electrons. The van der Waals surface area contributed by atoms with E-state index in [1.54, 1.807) is 0 Å². The summed E-state index contributed by atoms with van der Waals surface area (Å²) in [5, 5.41) is 0. The highest BCUT2D eigenvalue weighted by atomic mass is 35.5. The third-order valence-electron chi connectivity index (χ3n) is 0.989. The second-order valence-corrected chi connectivity index (χ2v) is 7.04. The van der Waals surface area contributed by atoms with E-state index in [0.29, 0.717) is 0 Å². The first-order valence-electron chi connectivity index (χ1n) is 3.30. The minimum absolute atomic E-state index is 0.116. The fraction of sp³-hybridized carbons (Fsp3) is 1.00. The van der Waals surface area contributed by atoms with E-state index in [-0.39, 0.29) is 24.1 Å². The van der Waals surface area contributed by atoms with Crippen LogP contribution in [0.3, 0.4) is 0 Å². The Hall–Kier alpha value is 0.920. The Morgan fingerprint density at radius 1 is 1.00 bits per heavy atom. The molecule has 0 bridgehead atoms. The summed E-state index contributed by atoms with van der Waals surface area (Å²) in [4.78, 5) is 17.9. The van der Waals surface area contributed by atoms with Crippen LogP contribution < -0.4 is 0 Å². The Kier molecular flexibility index (Phi) is 6.12. The van der Waals surface area contributed by atoms with Crippen LogP contribution in [0.4, 0.5) is 0 Å². The van der Waals surface area contributed by atoms with Crippen LogP contribution in [0.15, 0.2) is 0 Å². The van der Waals surface area contributed by atoms with Gasteiger partial charge in [-0.1, -0.05) is 0 Å². The Morgan fingerprint density at radius 2 is 1.31 bits per heavy atom. The zero-order valence-corrected chi connectivity index (χ0v) is 9.90. The van der Waals surface area contributed by atoms with E-state index < -0.39 is 15.2 Å². The Labute approximate surface area is 86.1 Å². The van der Waals surface area contributed by atoms with Crippen molar-refractivity contribution in [2.45, 2.75) is 0 Å². The van der Waals surface area contributed by atoms with E-state index in [4.69, 9.17) is 33.0 Å². The lowest BCUT2D eigenvalue weighted by atomic mass is 11.0. The molecule has 0 fully saturated rings. The predicted molar refractivity (Wildman–Crippen MR) is 51.9 cm³/mol. The van der Waals surface area contributed by atoms with Crippen molar-refractivity contribution in [3.63, 3.8) is 0 Å². The second kappa shape index (κ2) is 5.72. The quantitative estimate of drug-likeness (QED) is 0.569. The van der Waals surface area contributed by atoms with Crippen molar-refractivity contribution < 1.29 is 23.2 Å². The third-order valence-corrected chi connectivity index (χ3v) is 5.51. The zero-order chi connectivity index (χ0) is 10.5. The number of rotatable bonds is 6. The van der Waals surface area contributed by atoms with Gasteiger partial charge in [0.1, 0.15) is 0 Å². The van der Waals surface area contributed by atoms with Crippen LogP contribution >= 0.6 is 38.4 Å². The maximum absolute atomic E-state index is 11.0. The van der Waals surface area contributed by atoms with Gasteiger partial charge in [-0.3, -0.25) is 9.13 Å². The summed E-state index contributed by atoms with van der Waals surface area (Å²) < 4.78 is 26.1. The minimum atomic E-state index is -4.05. The van der Waals surface area contributed by atoms with Gasteiger partial charge in [-0.25, -0.2) is 4.31 Å². The van der Waals surface area contributed by atoms with Gasteiger partial charge < -0.3 is 9.79 Å². The standard InChI is InChI=1S/C4H10Cl2O5P2/c5-1-3-12(7,8)11-13(9,10)4-2-6/h1-4H2,(H,7,8)(H,9,10). The van der Waals surface area contributed by atoms with Crippen molar-refractivity contribution in [1.29, 1.82) is 0 Å². The largest absolute Gasteiger partial charge is 0.336 e. The second-order valence-electron chi connectivity index (χ2n) is 2.18. The van der Waals surface area contributed by atoms with Gasteiger partial charge in [0.2, 0.25) is 0 Å². The molecule has 0 spiro atoms. The Bertz CT molecular complexity index is 221.